The summed E-state index contributed by atoms with van der Waals surface area (Å²) in [6, 6.07) is 11.4. The van der Waals surface area contributed by atoms with Gasteiger partial charge in [0.05, 0.1) is 17.8 Å². The number of nitrogens with one attached hydrogen (secondary N) is 3. The van der Waals surface area contributed by atoms with Crippen LogP contribution in [0.4, 0.5) is 0 Å². The van der Waals surface area contributed by atoms with Gasteiger partial charge < -0.3 is 15.1 Å². The minimum Gasteiger partial charge on any atom is -0.349 e. The van der Waals surface area contributed by atoms with Crippen LogP contribution in [0.25, 0.3) is 0 Å². The molecule has 2 aliphatic heterocycles. The van der Waals surface area contributed by atoms with Gasteiger partial charge in [-0.3, -0.25) is 20.5 Å². The number of carbonyl (C=O) groups excluding carboxylic acids is 1. The van der Waals surface area contributed by atoms with Crippen molar-refractivity contribution in [3.8, 4) is 0 Å². The molecule has 1 aromatic rings. The predicted octanol–water partition coefficient (Wildman–Crippen LogP) is 4.36. The van der Waals surface area contributed by atoms with Gasteiger partial charge in [-0.25, -0.2) is 0 Å². The summed E-state index contributed by atoms with van der Waals surface area (Å²) >= 11 is 0. The molecule has 7 nitrogen and oxygen atoms in total. The fraction of sp³-hybridized carbons (Fsp3) is 0.679. The van der Waals surface area contributed by atoms with E-state index in [9.17, 15) is 4.79 Å². The van der Waals surface area contributed by atoms with Crippen molar-refractivity contribution in [2.24, 2.45) is 11.8 Å². The van der Waals surface area contributed by atoms with Crippen LogP contribution in [0.5, 0.6) is 0 Å². The Labute approximate surface area is 212 Å². The molecular weight excluding hydrogens is 436 g/mol. The Morgan fingerprint density at radius 3 is 2.37 bits per heavy atom. The van der Waals surface area contributed by atoms with Crippen LogP contribution in [-0.2, 0) is 4.79 Å². The molecule has 0 spiro atoms. The Hall–Kier alpha value is -2.25. The summed E-state index contributed by atoms with van der Waals surface area (Å²) in [4.78, 5) is 19.6. The van der Waals surface area contributed by atoms with Crippen LogP contribution >= 0.6 is 0 Å². The van der Waals surface area contributed by atoms with E-state index in [-0.39, 0.29) is 29.8 Å². The van der Waals surface area contributed by atoms with Crippen molar-refractivity contribution in [1.82, 2.24) is 20.0 Å². The van der Waals surface area contributed by atoms with Crippen molar-refractivity contribution >= 4 is 17.6 Å². The summed E-state index contributed by atoms with van der Waals surface area (Å²) in [5.74, 6) is 1.33. The molecule has 0 aromatic heterocycles. The summed E-state index contributed by atoms with van der Waals surface area (Å²) in [5, 5.41) is 20.1. The van der Waals surface area contributed by atoms with Crippen LogP contribution in [0.1, 0.15) is 71.9 Å². The van der Waals surface area contributed by atoms with Crippen molar-refractivity contribution in [3.05, 3.63) is 35.9 Å². The van der Waals surface area contributed by atoms with Gasteiger partial charge in [-0.15, -0.1) is 0 Å². The molecule has 1 amide bonds. The normalized spacial score (nSPS) is 23.1. The second-order valence-electron chi connectivity index (χ2n) is 11.1. The quantitative estimate of drug-likeness (QED) is 0.342. The lowest BCUT2D eigenvalue weighted by Gasteiger charge is -2.37. The van der Waals surface area contributed by atoms with Crippen LogP contribution in [0.3, 0.4) is 0 Å². The maximum atomic E-state index is 12.9. The number of amidine groups is 2. The molecule has 2 fully saturated rings. The highest BCUT2D eigenvalue weighted by atomic mass is 16.2. The van der Waals surface area contributed by atoms with Crippen molar-refractivity contribution in [3.63, 3.8) is 0 Å². The van der Waals surface area contributed by atoms with Crippen molar-refractivity contribution in [2.45, 2.75) is 84.5 Å². The van der Waals surface area contributed by atoms with E-state index in [0.29, 0.717) is 23.8 Å². The second-order valence-corrected chi connectivity index (χ2v) is 11.1. The predicted molar refractivity (Wildman–Crippen MR) is 144 cm³/mol. The highest BCUT2D eigenvalue weighted by Gasteiger charge is 2.35. The number of likely N-dealkylation sites (tertiary alicyclic amines) is 2. The van der Waals surface area contributed by atoms with Gasteiger partial charge in [-0.05, 0) is 59.1 Å². The topological polar surface area (TPSA) is 86.5 Å². The van der Waals surface area contributed by atoms with Crippen LogP contribution < -0.4 is 5.32 Å². The first kappa shape index (κ1) is 27.3. The fourth-order valence-electron chi connectivity index (χ4n) is 5.75. The average molecular weight is 483 g/mol. The Bertz CT molecular complexity index is 865. The van der Waals surface area contributed by atoms with Gasteiger partial charge in [0.2, 0.25) is 5.91 Å². The molecule has 4 unspecified atom stereocenters. The summed E-state index contributed by atoms with van der Waals surface area (Å²) < 4.78 is 0. The van der Waals surface area contributed by atoms with Crippen molar-refractivity contribution in [2.75, 3.05) is 26.7 Å². The Balaban J connectivity index is 1.66. The molecule has 4 atom stereocenters. The lowest BCUT2D eigenvalue weighted by molar-refractivity contribution is -0.130. The third-order valence-electron chi connectivity index (χ3n) is 7.80. The minimum absolute atomic E-state index is 0.00918. The SMILES string of the molecule is CC(=N)N(C(=N)C(C)C)C(C)CC1CCC(C)N1CCC(NC(=O)C1CN(C)C1)c1ccccc1. The van der Waals surface area contributed by atoms with Crippen LogP contribution in [0.15, 0.2) is 30.3 Å². The Morgan fingerprint density at radius 1 is 1.14 bits per heavy atom. The molecule has 0 bridgehead atoms. The van der Waals surface area contributed by atoms with Gasteiger partial charge in [0.25, 0.3) is 0 Å². The minimum atomic E-state index is 0.00918. The zero-order valence-electron chi connectivity index (χ0n) is 22.6. The summed E-state index contributed by atoms with van der Waals surface area (Å²) in [7, 11) is 2.05. The van der Waals surface area contributed by atoms with Crippen LogP contribution in [0, 0.1) is 22.7 Å². The Kier molecular flexibility index (Phi) is 9.47. The number of carbonyl (C=O) groups is 1. The van der Waals surface area contributed by atoms with E-state index >= 15 is 0 Å². The highest BCUT2D eigenvalue weighted by molar-refractivity contribution is 5.98. The lowest BCUT2D eigenvalue weighted by Crippen LogP contribution is -2.52. The summed E-state index contributed by atoms with van der Waals surface area (Å²) in [5.41, 5.74) is 1.17. The van der Waals surface area contributed by atoms with E-state index in [4.69, 9.17) is 10.8 Å². The lowest BCUT2D eigenvalue weighted by atomic mass is 9.97. The van der Waals surface area contributed by atoms with E-state index in [1.807, 2.05) is 36.9 Å². The van der Waals surface area contributed by atoms with E-state index in [1.54, 1.807) is 6.92 Å². The maximum Gasteiger partial charge on any atom is 0.226 e. The molecule has 35 heavy (non-hydrogen) atoms. The summed E-state index contributed by atoms with van der Waals surface area (Å²) in [6.45, 7) is 12.9. The Morgan fingerprint density at radius 2 is 1.80 bits per heavy atom. The van der Waals surface area contributed by atoms with Gasteiger partial charge >= 0.3 is 0 Å². The first-order valence-corrected chi connectivity index (χ1v) is 13.3. The fourth-order valence-corrected chi connectivity index (χ4v) is 5.75. The number of rotatable bonds is 10. The van der Waals surface area contributed by atoms with E-state index in [1.165, 1.54) is 12.0 Å². The van der Waals surface area contributed by atoms with E-state index < -0.39 is 0 Å². The van der Waals surface area contributed by atoms with Crippen LogP contribution in [-0.4, -0.2) is 77.1 Å². The molecule has 194 valence electrons. The number of hydrogen-bond acceptors (Lipinski definition) is 5. The monoisotopic (exact) mass is 482 g/mol. The first-order valence-electron chi connectivity index (χ1n) is 13.3. The summed E-state index contributed by atoms with van der Waals surface area (Å²) in [6.07, 6.45) is 4.12. The van der Waals surface area contributed by atoms with E-state index in [0.717, 1.165) is 38.9 Å². The van der Waals surface area contributed by atoms with Gasteiger partial charge in [-0.2, -0.15) is 0 Å². The molecule has 7 heteroatoms. The number of nitrogens with zero attached hydrogens (tertiary/aromatic N) is 3. The molecule has 2 aliphatic rings. The van der Waals surface area contributed by atoms with Crippen molar-refractivity contribution < 1.29 is 4.79 Å². The smallest absolute Gasteiger partial charge is 0.226 e. The highest BCUT2D eigenvalue weighted by Crippen LogP contribution is 2.30. The first-order chi connectivity index (χ1) is 16.6. The number of benzene rings is 1. The molecule has 1 aromatic carbocycles. The zero-order chi connectivity index (χ0) is 25.7. The molecule has 0 radical (unpaired) electrons. The number of amides is 1. The van der Waals surface area contributed by atoms with Gasteiger partial charge in [0.1, 0.15) is 5.84 Å². The van der Waals surface area contributed by atoms with Crippen molar-refractivity contribution in [1.29, 1.82) is 10.8 Å². The average Bonchev–Trinajstić information content (AvgIpc) is 3.13. The second kappa shape index (κ2) is 12.1. The largest absolute Gasteiger partial charge is 0.349 e. The molecule has 3 N–H and O–H groups in total. The maximum absolute atomic E-state index is 12.9. The molecule has 3 rings (SSSR count). The van der Waals surface area contributed by atoms with Crippen LogP contribution in [0.2, 0.25) is 0 Å². The third-order valence-corrected chi connectivity index (χ3v) is 7.80. The van der Waals surface area contributed by atoms with E-state index in [2.05, 4.69) is 48.1 Å². The molecular formula is C28H46N6O. The molecule has 0 saturated carbocycles. The molecule has 2 heterocycles. The van der Waals surface area contributed by atoms with Gasteiger partial charge in [0, 0.05) is 43.7 Å². The van der Waals surface area contributed by atoms with Gasteiger partial charge in [0.15, 0.2) is 0 Å². The molecule has 2 saturated heterocycles. The molecule has 0 aliphatic carbocycles. The number of hydrogen-bond donors (Lipinski definition) is 3. The third kappa shape index (κ3) is 6.91. The standard InChI is InChI=1S/C28H46N6O/c1-19(2)27(30)34(22(5)29)21(4)16-25-13-12-20(3)33(25)15-14-26(23-10-8-7-9-11-23)31-28(35)24-17-32(6)18-24/h7-11,19-21,24-26,29-30H,12-18H2,1-6H3,(H,31,35). The van der Waals surface area contributed by atoms with Gasteiger partial charge in [-0.1, -0.05) is 44.2 Å². The zero-order valence-corrected chi connectivity index (χ0v) is 22.6.